The van der Waals surface area contributed by atoms with E-state index in [4.69, 9.17) is 0 Å². The van der Waals surface area contributed by atoms with Crippen molar-refractivity contribution in [2.75, 3.05) is 0 Å². The SMILES string of the molecule is O=[N+]([O-])[C@H]1C[C@H]2CC[C@@H]1[C@@]2(c1ccccc1)c1ccccn1. The zero-order valence-corrected chi connectivity index (χ0v) is 12.3. The van der Waals surface area contributed by atoms with Gasteiger partial charge in [-0.25, -0.2) is 0 Å². The molecule has 0 unspecified atom stereocenters. The molecule has 0 radical (unpaired) electrons. The minimum Gasteiger partial charge on any atom is -0.264 e. The molecule has 2 fully saturated rings. The molecular formula is C18H18N2O2. The van der Waals surface area contributed by atoms with Crippen LogP contribution in [0.4, 0.5) is 0 Å². The van der Waals surface area contributed by atoms with Crippen LogP contribution in [0.25, 0.3) is 0 Å². The summed E-state index contributed by atoms with van der Waals surface area (Å²) in [4.78, 5) is 16.1. The lowest BCUT2D eigenvalue weighted by Crippen LogP contribution is -2.37. The van der Waals surface area contributed by atoms with Gasteiger partial charge < -0.3 is 0 Å². The monoisotopic (exact) mass is 294 g/mol. The van der Waals surface area contributed by atoms with Gasteiger partial charge in [-0.3, -0.25) is 15.1 Å². The lowest BCUT2D eigenvalue weighted by Gasteiger charge is -2.34. The highest BCUT2D eigenvalue weighted by molar-refractivity contribution is 5.42. The first-order valence-electron chi connectivity index (χ1n) is 7.85. The van der Waals surface area contributed by atoms with Crippen molar-refractivity contribution < 1.29 is 4.92 Å². The molecular weight excluding hydrogens is 276 g/mol. The van der Waals surface area contributed by atoms with Gasteiger partial charge in [0.1, 0.15) is 0 Å². The third-order valence-electron chi connectivity index (χ3n) is 5.66. The molecule has 0 amide bonds. The van der Waals surface area contributed by atoms with Crippen LogP contribution in [0.5, 0.6) is 0 Å². The first-order chi connectivity index (χ1) is 10.7. The van der Waals surface area contributed by atoms with Gasteiger partial charge in [0.05, 0.1) is 5.69 Å². The molecule has 0 spiro atoms. The molecule has 1 heterocycles. The topological polar surface area (TPSA) is 56.0 Å². The summed E-state index contributed by atoms with van der Waals surface area (Å²) in [6, 6.07) is 15.8. The lowest BCUT2D eigenvalue weighted by molar-refractivity contribution is -0.531. The Balaban J connectivity index is 1.94. The number of nitro groups is 1. The Bertz CT molecular complexity index is 647. The fourth-order valence-electron chi connectivity index (χ4n) is 4.95. The van der Waals surface area contributed by atoms with E-state index >= 15 is 0 Å². The Morgan fingerprint density at radius 1 is 1.09 bits per heavy atom. The Hall–Kier alpha value is -2.23. The summed E-state index contributed by atoms with van der Waals surface area (Å²) < 4.78 is 0. The third-order valence-corrected chi connectivity index (χ3v) is 5.66. The maximum Gasteiger partial charge on any atom is 0.217 e. The van der Waals surface area contributed by atoms with Crippen molar-refractivity contribution in [3.05, 3.63) is 76.1 Å². The molecule has 0 aliphatic heterocycles. The second-order valence-electron chi connectivity index (χ2n) is 6.42. The van der Waals surface area contributed by atoms with Gasteiger partial charge in [0.25, 0.3) is 0 Å². The van der Waals surface area contributed by atoms with Crippen molar-refractivity contribution in [2.45, 2.75) is 30.7 Å². The first kappa shape index (κ1) is 13.4. The molecule has 2 aromatic rings. The molecule has 22 heavy (non-hydrogen) atoms. The van der Waals surface area contributed by atoms with Crippen LogP contribution in [-0.4, -0.2) is 15.9 Å². The Morgan fingerprint density at radius 3 is 2.50 bits per heavy atom. The summed E-state index contributed by atoms with van der Waals surface area (Å²) >= 11 is 0. The molecule has 2 saturated carbocycles. The number of hydrogen-bond acceptors (Lipinski definition) is 3. The van der Waals surface area contributed by atoms with E-state index in [0.717, 1.165) is 18.5 Å². The highest BCUT2D eigenvalue weighted by atomic mass is 16.6. The van der Waals surface area contributed by atoms with Crippen LogP contribution in [-0.2, 0) is 5.41 Å². The molecule has 4 atom stereocenters. The summed E-state index contributed by atoms with van der Waals surface area (Å²) in [5.41, 5.74) is 1.89. The lowest BCUT2D eigenvalue weighted by atomic mass is 9.69. The van der Waals surface area contributed by atoms with Gasteiger partial charge in [-0.2, -0.15) is 0 Å². The van der Waals surface area contributed by atoms with Gasteiger partial charge in [0.15, 0.2) is 0 Å². The number of rotatable bonds is 3. The van der Waals surface area contributed by atoms with Gasteiger partial charge in [-0.1, -0.05) is 36.4 Å². The first-order valence-corrected chi connectivity index (χ1v) is 7.85. The van der Waals surface area contributed by atoms with Crippen molar-refractivity contribution in [1.82, 2.24) is 4.98 Å². The molecule has 2 bridgehead atoms. The van der Waals surface area contributed by atoms with Crippen molar-refractivity contribution >= 4 is 0 Å². The summed E-state index contributed by atoms with van der Waals surface area (Å²) in [6.07, 6.45) is 4.45. The van der Waals surface area contributed by atoms with Crippen LogP contribution in [0.3, 0.4) is 0 Å². The summed E-state index contributed by atoms with van der Waals surface area (Å²) in [7, 11) is 0. The van der Waals surface area contributed by atoms with E-state index in [9.17, 15) is 10.1 Å². The van der Waals surface area contributed by atoms with E-state index in [1.165, 1.54) is 5.56 Å². The smallest absolute Gasteiger partial charge is 0.217 e. The standard InChI is InChI=1S/C18H18N2O2/c21-20(22)16-12-14-9-10-15(16)18(14,13-6-2-1-3-7-13)17-8-4-5-11-19-17/h1-8,11,14-16H,9-10,12H2/t14-,15+,16+,18+/m1/s1. The number of fused-ring (bicyclic) bond motifs is 2. The average Bonchev–Trinajstić information content (AvgIpc) is 3.10. The van der Waals surface area contributed by atoms with Crippen molar-refractivity contribution in [1.29, 1.82) is 0 Å². The molecule has 1 aromatic heterocycles. The Morgan fingerprint density at radius 2 is 1.86 bits per heavy atom. The predicted octanol–water partition coefficient (Wildman–Crippen LogP) is 3.44. The molecule has 0 saturated heterocycles. The minimum atomic E-state index is -0.444. The zero-order chi connectivity index (χ0) is 15.2. The predicted molar refractivity (Wildman–Crippen MR) is 83.1 cm³/mol. The second kappa shape index (κ2) is 4.90. The van der Waals surface area contributed by atoms with Crippen LogP contribution >= 0.6 is 0 Å². The quantitative estimate of drug-likeness (QED) is 0.643. The number of hydrogen-bond donors (Lipinski definition) is 0. The van der Waals surface area contributed by atoms with Gasteiger partial charge >= 0.3 is 0 Å². The van der Waals surface area contributed by atoms with E-state index in [1.807, 2.05) is 36.4 Å². The Kier molecular flexibility index (Phi) is 2.99. The van der Waals surface area contributed by atoms with Gasteiger partial charge in [0.2, 0.25) is 6.04 Å². The van der Waals surface area contributed by atoms with E-state index in [1.54, 1.807) is 6.20 Å². The normalized spacial score (nSPS) is 33.0. The van der Waals surface area contributed by atoms with Crippen LogP contribution in [0.15, 0.2) is 54.7 Å². The van der Waals surface area contributed by atoms with Crippen molar-refractivity contribution in [2.24, 2.45) is 11.8 Å². The second-order valence-corrected chi connectivity index (χ2v) is 6.42. The molecule has 2 aliphatic carbocycles. The van der Waals surface area contributed by atoms with Crippen molar-refractivity contribution in [3.63, 3.8) is 0 Å². The molecule has 2 aliphatic rings. The molecule has 0 N–H and O–H groups in total. The van der Waals surface area contributed by atoms with Crippen LogP contribution in [0.1, 0.15) is 30.5 Å². The summed E-state index contributed by atoms with van der Waals surface area (Å²) in [5, 5.41) is 11.5. The molecule has 4 rings (SSSR count). The van der Waals surface area contributed by atoms with Crippen LogP contribution in [0, 0.1) is 22.0 Å². The van der Waals surface area contributed by atoms with E-state index in [0.29, 0.717) is 12.3 Å². The van der Waals surface area contributed by atoms with Gasteiger partial charge in [-0.15, -0.1) is 0 Å². The van der Waals surface area contributed by atoms with Gasteiger partial charge in [0, 0.05) is 28.9 Å². The summed E-state index contributed by atoms with van der Waals surface area (Å²) in [6.45, 7) is 0. The largest absolute Gasteiger partial charge is 0.264 e. The minimum absolute atomic E-state index is 0.0461. The van der Waals surface area contributed by atoms with E-state index < -0.39 is 6.04 Å². The molecule has 4 nitrogen and oxygen atoms in total. The number of aromatic nitrogens is 1. The summed E-state index contributed by atoms with van der Waals surface area (Å²) in [5.74, 6) is 0.356. The fraction of sp³-hybridized carbons (Fsp3) is 0.389. The average molecular weight is 294 g/mol. The third kappa shape index (κ3) is 1.67. The fourth-order valence-corrected chi connectivity index (χ4v) is 4.95. The zero-order valence-electron chi connectivity index (χ0n) is 12.3. The van der Waals surface area contributed by atoms with Gasteiger partial charge in [-0.05, 0) is 36.5 Å². The van der Waals surface area contributed by atoms with Crippen LogP contribution in [0.2, 0.25) is 0 Å². The maximum atomic E-state index is 11.5. The van der Waals surface area contributed by atoms with E-state index in [2.05, 4.69) is 17.1 Å². The van der Waals surface area contributed by atoms with Crippen molar-refractivity contribution in [3.8, 4) is 0 Å². The molecule has 112 valence electrons. The number of pyridine rings is 1. The maximum absolute atomic E-state index is 11.5. The Labute approximate surface area is 129 Å². The number of nitrogens with zero attached hydrogens (tertiary/aromatic N) is 2. The highest BCUT2D eigenvalue weighted by Gasteiger charge is 2.65. The molecule has 1 aromatic carbocycles. The highest BCUT2D eigenvalue weighted by Crippen LogP contribution is 2.62. The number of benzene rings is 1. The van der Waals surface area contributed by atoms with Crippen LogP contribution < -0.4 is 0 Å². The van der Waals surface area contributed by atoms with E-state index in [-0.39, 0.29) is 16.3 Å². The molecule has 4 heteroatoms.